The van der Waals surface area contributed by atoms with Crippen molar-refractivity contribution in [2.24, 2.45) is 5.92 Å². The minimum Gasteiger partial charge on any atom is -0.455 e. The molecule has 34 heavy (non-hydrogen) atoms. The predicted molar refractivity (Wildman–Crippen MR) is 146 cm³/mol. The minimum absolute atomic E-state index is 0.146. The maximum atomic E-state index is 8.54. The van der Waals surface area contributed by atoms with E-state index in [0.717, 1.165) is 38.6 Å². The average Bonchev–Trinajstić information content (AvgIpc) is 3.47. The second-order valence-electron chi connectivity index (χ2n) is 9.09. The summed E-state index contributed by atoms with van der Waals surface area (Å²) in [6.07, 6.45) is 0.255. The quantitative estimate of drug-likeness (QED) is 0.263. The van der Waals surface area contributed by atoms with Crippen LogP contribution in [0.5, 0.6) is 0 Å². The van der Waals surface area contributed by atoms with Crippen LogP contribution in [0.2, 0.25) is 0 Å². The molecule has 0 aliphatic carbocycles. The Morgan fingerprint density at radius 1 is 0.794 bits per heavy atom. The minimum atomic E-state index is -1.44. The van der Waals surface area contributed by atoms with Gasteiger partial charge in [0.1, 0.15) is 11.2 Å². The summed E-state index contributed by atoms with van der Waals surface area (Å²) in [5.41, 5.74) is 3.89. The Hall–Kier alpha value is -3.69. The first-order valence-corrected chi connectivity index (χ1v) is 12.4. The molecule has 0 amide bonds. The maximum Gasteiger partial charge on any atom is 0.144 e. The molecule has 0 unspecified atom stereocenters. The van der Waals surface area contributed by atoms with Crippen LogP contribution in [0.3, 0.4) is 0 Å². The second kappa shape index (κ2) is 7.41. The van der Waals surface area contributed by atoms with Crippen LogP contribution in [0.15, 0.2) is 89.5 Å². The molecule has 0 aliphatic rings. The largest absolute Gasteiger partial charge is 0.455 e. The Balaban J connectivity index is 1.49. The number of para-hydroxylation sites is 1. The van der Waals surface area contributed by atoms with Gasteiger partial charge in [0, 0.05) is 56.2 Å². The van der Waals surface area contributed by atoms with Gasteiger partial charge in [-0.1, -0.05) is 56.3 Å². The second-order valence-corrected chi connectivity index (χ2v) is 10.1. The molecule has 0 radical (unpaired) electrons. The van der Waals surface area contributed by atoms with Gasteiger partial charge < -0.3 is 4.42 Å². The highest BCUT2D eigenvalue weighted by atomic mass is 32.1. The normalized spacial score (nSPS) is 13.5. The lowest BCUT2D eigenvalue weighted by atomic mass is 10.00. The predicted octanol–water partition coefficient (Wildman–Crippen LogP) is 9.37. The first-order valence-electron chi connectivity index (χ1n) is 12.6. The summed E-state index contributed by atoms with van der Waals surface area (Å²) >= 11 is 1.83. The van der Waals surface area contributed by atoms with Crippen molar-refractivity contribution in [2.75, 3.05) is 0 Å². The topological polar surface area (TPSA) is 26.0 Å². The van der Waals surface area contributed by atoms with Crippen LogP contribution in [0.1, 0.15) is 22.2 Å². The summed E-state index contributed by atoms with van der Waals surface area (Å²) in [4.78, 5) is 4.61. The van der Waals surface area contributed by atoms with E-state index in [4.69, 9.17) is 7.16 Å². The van der Waals surface area contributed by atoms with Crippen LogP contribution in [0.4, 0.5) is 0 Å². The van der Waals surface area contributed by atoms with Crippen LogP contribution in [0, 0.1) is 5.92 Å². The molecule has 0 N–H and O–H groups in total. The third-order valence-electron chi connectivity index (χ3n) is 6.49. The van der Waals surface area contributed by atoms with E-state index in [1.54, 1.807) is 12.3 Å². The molecule has 2 nitrogen and oxygen atoms in total. The molecule has 0 spiro atoms. The van der Waals surface area contributed by atoms with E-state index >= 15 is 0 Å². The molecule has 4 aromatic carbocycles. The van der Waals surface area contributed by atoms with E-state index in [-0.39, 0.29) is 5.92 Å². The van der Waals surface area contributed by atoms with Gasteiger partial charge in [-0.2, -0.15) is 0 Å². The molecule has 3 aromatic heterocycles. The zero-order valence-corrected chi connectivity index (χ0v) is 19.7. The number of nitrogens with zero attached hydrogens (tertiary/aromatic N) is 1. The number of hydrogen-bond acceptors (Lipinski definition) is 3. The van der Waals surface area contributed by atoms with Crippen molar-refractivity contribution >= 4 is 64.2 Å². The standard InChI is InChI=1S/C31H23NOS/c1-18(2)16-19-14-15-32-27(17-19)26-8-5-7-21-22-10-13-25-23(29(22)33-30(21)26)11-12-24-20-6-3-4-9-28(20)34-31(24)25/h3-15,17-18H,16H2,1-2H3/i16D2. The lowest BCUT2D eigenvalue weighted by Gasteiger charge is -2.07. The molecule has 0 saturated carbocycles. The van der Waals surface area contributed by atoms with E-state index in [0.29, 0.717) is 5.56 Å². The molecule has 164 valence electrons. The highest BCUT2D eigenvalue weighted by Gasteiger charge is 2.17. The first kappa shape index (κ1) is 17.7. The number of rotatable bonds is 3. The van der Waals surface area contributed by atoms with Crippen molar-refractivity contribution in [3.63, 3.8) is 0 Å². The molecule has 0 fully saturated rings. The van der Waals surface area contributed by atoms with Crippen molar-refractivity contribution in [2.45, 2.75) is 20.2 Å². The average molecular weight is 460 g/mol. The van der Waals surface area contributed by atoms with Gasteiger partial charge in [0.25, 0.3) is 0 Å². The lowest BCUT2D eigenvalue weighted by molar-refractivity contribution is 0.647. The van der Waals surface area contributed by atoms with Crippen LogP contribution >= 0.6 is 11.3 Å². The summed E-state index contributed by atoms with van der Waals surface area (Å²) in [5, 5.41) is 6.99. The molecule has 0 bridgehead atoms. The monoisotopic (exact) mass is 459 g/mol. The van der Waals surface area contributed by atoms with Crippen molar-refractivity contribution < 1.29 is 7.16 Å². The Kier molecular flexibility index (Phi) is 3.87. The zero-order valence-electron chi connectivity index (χ0n) is 20.9. The Morgan fingerprint density at radius 2 is 1.50 bits per heavy atom. The summed E-state index contributed by atoms with van der Waals surface area (Å²) in [5.74, 6) is -0.146. The van der Waals surface area contributed by atoms with Crippen LogP contribution in [0.25, 0.3) is 64.1 Å². The number of benzene rings is 4. The Morgan fingerprint density at radius 3 is 2.35 bits per heavy atom. The smallest absolute Gasteiger partial charge is 0.144 e. The number of furan rings is 1. The highest BCUT2D eigenvalue weighted by molar-refractivity contribution is 7.26. The van der Waals surface area contributed by atoms with E-state index in [2.05, 4.69) is 59.6 Å². The van der Waals surface area contributed by atoms with Gasteiger partial charge in [-0.15, -0.1) is 11.3 Å². The van der Waals surface area contributed by atoms with Crippen molar-refractivity contribution in [3.05, 3.63) is 90.6 Å². The van der Waals surface area contributed by atoms with Crippen molar-refractivity contribution in [1.29, 1.82) is 0 Å². The molecule has 7 rings (SSSR count). The molecule has 0 saturated heterocycles. The fourth-order valence-electron chi connectivity index (χ4n) is 5.05. The molecule has 3 heteroatoms. The van der Waals surface area contributed by atoms with E-state index < -0.39 is 6.37 Å². The zero-order chi connectivity index (χ0) is 24.6. The Bertz CT molecular complexity index is 1960. The molecule has 3 heterocycles. The van der Waals surface area contributed by atoms with Gasteiger partial charge in [0.15, 0.2) is 0 Å². The molecule has 0 aliphatic heterocycles. The van der Waals surface area contributed by atoms with Crippen LogP contribution in [-0.4, -0.2) is 4.98 Å². The number of hydrogen-bond donors (Lipinski definition) is 0. The molecular formula is C31H23NOS. The van der Waals surface area contributed by atoms with Gasteiger partial charge in [-0.25, -0.2) is 0 Å². The van der Waals surface area contributed by atoms with E-state index in [1.165, 1.54) is 25.6 Å². The van der Waals surface area contributed by atoms with Crippen LogP contribution in [-0.2, 0) is 6.37 Å². The van der Waals surface area contributed by atoms with Gasteiger partial charge in [-0.3, -0.25) is 4.98 Å². The third kappa shape index (κ3) is 2.90. The SMILES string of the molecule is [2H]C([2H])(c1ccnc(-c2cccc3c2oc2c3ccc3c2ccc2c4ccccc4sc23)c1)C(C)C. The Labute approximate surface area is 204 Å². The van der Waals surface area contributed by atoms with Gasteiger partial charge in [0.2, 0.25) is 0 Å². The highest BCUT2D eigenvalue weighted by Crippen LogP contribution is 2.43. The number of thiophene rings is 1. The van der Waals surface area contributed by atoms with E-state index in [1.807, 2.05) is 43.4 Å². The summed E-state index contributed by atoms with van der Waals surface area (Å²) in [6, 6.07) is 27.1. The van der Waals surface area contributed by atoms with Gasteiger partial charge in [0.05, 0.1) is 5.69 Å². The molecule has 0 atom stereocenters. The van der Waals surface area contributed by atoms with Crippen molar-refractivity contribution in [3.8, 4) is 11.3 Å². The summed E-state index contributed by atoms with van der Waals surface area (Å²) in [6.45, 7) is 3.80. The fraction of sp³-hybridized carbons (Fsp3) is 0.129. The summed E-state index contributed by atoms with van der Waals surface area (Å²) in [7, 11) is 0. The lowest BCUT2D eigenvalue weighted by Crippen LogP contribution is -1.95. The maximum absolute atomic E-state index is 8.54. The van der Waals surface area contributed by atoms with Gasteiger partial charge in [-0.05, 0) is 54.3 Å². The first-order chi connectivity index (χ1) is 17.4. The number of aromatic nitrogens is 1. The van der Waals surface area contributed by atoms with Crippen molar-refractivity contribution in [1.82, 2.24) is 4.98 Å². The number of pyridine rings is 1. The molecular weight excluding hydrogens is 434 g/mol. The van der Waals surface area contributed by atoms with Gasteiger partial charge >= 0.3 is 0 Å². The number of fused-ring (bicyclic) bond motifs is 9. The fourth-order valence-corrected chi connectivity index (χ4v) is 6.28. The third-order valence-corrected chi connectivity index (χ3v) is 7.71. The summed E-state index contributed by atoms with van der Waals surface area (Å²) < 4.78 is 26.3. The van der Waals surface area contributed by atoms with Crippen LogP contribution < -0.4 is 0 Å². The molecule has 7 aromatic rings. The van der Waals surface area contributed by atoms with E-state index in [9.17, 15) is 0 Å².